The first-order valence-electron chi connectivity index (χ1n) is 4.41. The van der Waals surface area contributed by atoms with Gasteiger partial charge in [-0.1, -0.05) is 18.2 Å². The van der Waals surface area contributed by atoms with Gasteiger partial charge in [0.05, 0.1) is 0 Å². The highest BCUT2D eigenvalue weighted by Gasteiger charge is 2.01. The summed E-state index contributed by atoms with van der Waals surface area (Å²) < 4.78 is 0. The number of rotatable bonds is 2. The monoisotopic (exact) mass is 202 g/mol. The molecule has 0 aliphatic rings. The lowest BCUT2D eigenvalue weighted by molar-refractivity contribution is 0.112. The Morgan fingerprint density at radius 2 is 2.14 bits per heavy atom. The van der Waals surface area contributed by atoms with Crippen LogP contribution in [-0.2, 0) is 0 Å². The van der Waals surface area contributed by atoms with Gasteiger partial charge in [0.25, 0.3) is 0 Å². The number of carbonyl (C=O) groups excluding carboxylic acids is 1. The number of thiophene rings is 1. The molecule has 0 aliphatic carbocycles. The molecule has 2 aromatic rings. The Labute approximate surface area is 87.0 Å². The van der Waals surface area contributed by atoms with Crippen LogP contribution in [0.25, 0.3) is 10.4 Å². The second-order valence-electron chi connectivity index (χ2n) is 3.17. The Hall–Kier alpha value is -1.41. The van der Waals surface area contributed by atoms with Gasteiger partial charge in [0.15, 0.2) is 0 Å². The Morgan fingerprint density at radius 3 is 2.71 bits per heavy atom. The van der Waals surface area contributed by atoms with E-state index in [1.165, 1.54) is 10.4 Å². The van der Waals surface area contributed by atoms with Gasteiger partial charge in [-0.3, -0.25) is 4.79 Å². The standard InChI is InChI=1S/C12H10OS/c1-9-7-10(4-5-11(9)8-13)12-3-2-6-14-12/h2-8H,1H3. The van der Waals surface area contributed by atoms with Crippen molar-refractivity contribution in [3.05, 3.63) is 46.8 Å². The lowest BCUT2D eigenvalue weighted by Crippen LogP contribution is -1.85. The number of hydrogen-bond acceptors (Lipinski definition) is 2. The van der Waals surface area contributed by atoms with E-state index < -0.39 is 0 Å². The molecule has 1 aromatic heterocycles. The zero-order valence-corrected chi connectivity index (χ0v) is 8.67. The fraction of sp³-hybridized carbons (Fsp3) is 0.0833. The predicted molar refractivity (Wildman–Crippen MR) is 59.9 cm³/mol. The summed E-state index contributed by atoms with van der Waals surface area (Å²) in [5, 5.41) is 2.05. The van der Waals surface area contributed by atoms with E-state index in [4.69, 9.17) is 0 Å². The molecule has 1 heterocycles. The summed E-state index contributed by atoms with van der Waals surface area (Å²) in [5.41, 5.74) is 2.99. The molecule has 0 aliphatic heterocycles. The smallest absolute Gasteiger partial charge is 0.150 e. The normalized spacial score (nSPS) is 10.1. The fourth-order valence-electron chi connectivity index (χ4n) is 1.40. The predicted octanol–water partition coefficient (Wildman–Crippen LogP) is 3.54. The summed E-state index contributed by atoms with van der Waals surface area (Å²) in [6.07, 6.45) is 0.896. The average molecular weight is 202 g/mol. The third kappa shape index (κ3) is 1.61. The van der Waals surface area contributed by atoms with Gasteiger partial charge in [0, 0.05) is 10.4 Å². The molecular weight excluding hydrogens is 192 g/mol. The molecule has 2 rings (SSSR count). The van der Waals surface area contributed by atoms with E-state index in [2.05, 4.69) is 17.5 Å². The summed E-state index contributed by atoms with van der Waals surface area (Å²) >= 11 is 1.71. The Bertz CT molecular complexity index is 443. The molecule has 0 N–H and O–H groups in total. The second-order valence-corrected chi connectivity index (χ2v) is 4.11. The van der Waals surface area contributed by atoms with E-state index in [1.807, 2.05) is 25.1 Å². The third-order valence-corrected chi connectivity index (χ3v) is 3.12. The lowest BCUT2D eigenvalue weighted by Gasteiger charge is -2.01. The van der Waals surface area contributed by atoms with Gasteiger partial charge in [-0.2, -0.15) is 0 Å². The quantitative estimate of drug-likeness (QED) is 0.681. The van der Waals surface area contributed by atoms with Crippen LogP contribution in [0.4, 0.5) is 0 Å². The van der Waals surface area contributed by atoms with Gasteiger partial charge >= 0.3 is 0 Å². The minimum absolute atomic E-state index is 0.769. The maximum atomic E-state index is 10.6. The molecule has 1 aromatic carbocycles. The zero-order valence-electron chi connectivity index (χ0n) is 7.86. The van der Waals surface area contributed by atoms with Crippen molar-refractivity contribution in [1.29, 1.82) is 0 Å². The fourth-order valence-corrected chi connectivity index (χ4v) is 2.13. The second kappa shape index (κ2) is 3.76. The van der Waals surface area contributed by atoms with Crippen molar-refractivity contribution in [3.8, 4) is 10.4 Å². The largest absolute Gasteiger partial charge is 0.298 e. The highest BCUT2D eigenvalue weighted by molar-refractivity contribution is 7.13. The van der Waals surface area contributed by atoms with Crippen LogP contribution in [0.3, 0.4) is 0 Å². The van der Waals surface area contributed by atoms with Crippen molar-refractivity contribution in [1.82, 2.24) is 0 Å². The summed E-state index contributed by atoms with van der Waals surface area (Å²) in [4.78, 5) is 11.9. The van der Waals surface area contributed by atoms with E-state index in [-0.39, 0.29) is 0 Å². The molecule has 0 radical (unpaired) electrons. The molecule has 0 saturated carbocycles. The van der Waals surface area contributed by atoms with Gasteiger partial charge < -0.3 is 0 Å². The highest BCUT2D eigenvalue weighted by Crippen LogP contribution is 2.25. The van der Waals surface area contributed by atoms with E-state index >= 15 is 0 Å². The number of hydrogen-bond donors (Lipinski definition) is 0. The van der Waals surface area contributed by atoms with E-state index in [0.717, 1.165) is 17.4 Å². The summed E-state index contributed by atoms with van der Waals surface area (Å²) in [7, 11) is 0. The van der Waals surface area contributed by atoms with Gasteiger partial charge in [0.2, 0.25) is 0 Å². The molecule has 0 unspecified atom stereocenters. The van der Waals surface area contributed by atoms with E-state index in [0.29, 0.717) is 0 Å². The Balaban J connectivity index is 2.48. The summed E-state index contributed by atoms with van der Waals surface area (Å²) in [6.45, 7) is 1.96. The van der Waals surface area contributed by atoms with Crippen molar-refractivity contribution < 1.29 is 4.79 Å². The third-order valence-electron chi connectivity index (χ3n) is 2.20. The Kier molecular flexibility index (Phi) is 2.46. The lowest BCUT2D eigenvalue weighted by atomic mass is 10.1. The number of aldehydes is 1. The highest BCUT2D eigenvalue weighted by atomic mass is 32.1. The molecule has 0 atom stereocenters. The SMILES string of the molecule is Cc1cc(-c2cccs2)ccc1C=O. The molecule has 0 amide bonds. The minimum atomic E-state index is 0.769. The van der Waals surface area contributed by atoms with Crippen molar-refractivity contribution in [2.75, 3.05) is 0 Å². The van der Waals surface area contributed by atoms with Crippen molar-refractivity contribution in [2.24, 2.45) is 0 Å². The first-order chi connectivity index (χ1) is 6.81. The van der Waals surface area contributed by atoms with Gasteiger partial charge in [-0.15, -0.1) is 11.3 Å². The van der Waals surface area contributed by atoms with Crippen LogP contribution in [0.5, 0.6) is 0 Å². The molecule has 70 valence electrons. The zero-order chi connectivity index (χ0) is 9.97. The molecule has 0 bridgehead atoms. The number of carbonyl (C=O) groups is 1. The van der Waals surface area contributed by atoms with Crippen molar-refractivity contribution >= 4 is 17.6 Å². The topological polar surface area (TPSA) is 17.1 Å². The van der Waals surface area contributed by atoms with Gasteiger partial charge in [0.1, 0.15) is 6.29 Å². The molecule has 0 fully saturated rings. The van der Waals surface area contributed by atoms with Crippen LogP contribution in [0.1, 0.15) is 15.9 Å². The minimum Gasteiger partial charge on any atom is -0.298 e. The maximum Gasteiger partial charge on any atom is 0.150 e. The molecule has 1 nitrogen and oxygen atoms in total. The first kappa shape index (κ1) is 9.16. The average Bonchev–Trinajstić information content (AvgIpc) is 2.70. The maximum absolute atomic E-state index is 10.6. The first-order valence-corrected chi connectivity index (χ1v) is 5.29. The van der Waals surface area contributed by atoms with E-state index in [9.17, 15) is 4.79 Å². The van der Waals surface area contributed by atoms with Crippen molar-refractivity contribution in [3.63, 3.8) is 0 Å². The van der Waals surface area contributed by atoms with Gasteiger partial charge in [-0.25, -0.2) is 0 Å². The molecule has 2 heteroatoms. The van der Waals surface area contributed by atoms with Crippen molar-refractivity contribution in [2.45, 2.75) is 6.92 Å². The molecular formula is C12H10OS. The van der Waals surface area contributed by atoms with Crippen LogP contribution >= 0.6 is 11.3 Å². The van der Waals surface area contributed by atoms with Crippen LogP contribution in [0.2, 0.25) is 0 Å². The summed E-state index contributed by atoms with van der Waals surface area (Å²) in [6, 6.07) is 10.0. The van der Waals surface area contributed by atoms with E-state index in [1.54, 1.807) is 11.3 Å². The number of aryl methyl sites for hydroxylation is 1. The van der Waals surface area contributed by atoms with Gasteiger partial charge in [-0.05, 0) is 35.6 Å². The Morgan fingerprint density at radius 1 is 1.29 bits per heavy atom. The van der Waals surface area contributed by atoms with Crippen LogP contribution in [0, 0.1) is 6.92 Å². The molecule has 14 heavy (non-hydrogen) atoms. The molecule has 0 spiro atoms. The van der Waals surface area contributed by atoms with Crippen LogP contribution in [-0.4, -0.2) is 6.29 Å². The summed E-state index contributed by atoms with van der Waals surface area (Å²) in [5.74, 6) is 0. The van der Waals surface area contributed by atoms with Crippen LogP contribution in [0.15, 0.2) is 35.7 Å². The van der Waals surface area contributed by atoms with Crippen LogP contribution < -0.4 is 0 Å². The number of benzene rings is 1. The molecule has 0 saturated heterocycles.